The van der Waals surface area contributed by atoms with Crippen LogP contribution in [0.5, 0.6) is 5.75 Å². The zero-order valence-corrected chi connectivity index (χ0v) is 10.6. The SMILES string of the molecule is CCCOC1C(O)CC1Oc1ccc(Cl)cc1. The Labute approximate surface area is 106 Å². The highest BCUT2D eigenvalue weighted by molar-refractivity contribution is 6.30. The molecule has 3 atom stereocenters. The van der Waals surface area contributed by atoms with Crippen molar-refractivity contribution in [1.82, 2.24) is 0 Å². The smallest absolute Gasteiger partial charge is 0.130 e. The minimum Gasteiger partial charge on any atom is -0.488 e. The van der Waals surface area contributed by atoms with Gasteiger partial charge in [-0.3, -0.25) is 0 Å². The van der Waals surface area contributed by atoms with Crippen LogP contribution >= 0.6 is 11.6 Å². The Kier molecular flexibility index (Phi) is 4.26. The van der Waals surface area contributed by atoms with E-state index in [1.54, 1.807) is 12.1 Å². The van der Waals surface area contributed by atoms with Crippen molar-refractivity contribution in [1.29, 1.82) is 0 Å². The summed E-state index contributed by atoms with van der Waals surface area (Å²) in [6.45, 7) is 2.70. The van der Waals surface area contributed by atoms with E-state index in [1.807, 2.05) is 19.1 Å². The lowest BCUT2D eigenvalue weighted by molar-refractivity contribution is -0.162. The number of aliphatic hydroxyl groups is 1. The summed E-state index contributed by atoms with van der Waals surface area (Å²) >= 11 is 5.80. The largest absolute Gasteiger partial charge is 0.488 e. The maximum absolute atomic E-state index is 9.60. The first kappa shape index (κ1) is 12.7. The van der Waals surface area contributed by atoms with Crippen molar-refractivity contribution in [2.24, 2.45) is 0 Å². The molecule has 4 heteroatoms. The van der Waals surface area contributed by atoms with Crippen LogP contribution in [0.15, 0.2) is 24.3 Å². The molecule has 1 N–H and O–H groups in total. The van der Waals surface area contributed by atoms with Gasteiger partial charge in [-0.15, -0.1) is 0 Å². The van der Waals surface area contributed by atoms with Crippen LogP contribution in [0.4, 0.5) is 0 Å². The summed E-state index contributed by atoms with van der Waals surface area (Å²) in [5.41, 5.74) is 0. The normalized spacial score (nSPS) is 27.6. The summed E-state index contributed by atoms with van der Waals surface area (Å²) in [5.74, 6) is 0.761. The van der Waals surface area contributed by atoms with Gasteiger partial charge in [0.05, 0.1) is 6.10 Å². The topological polar surface area (TPSA) is 38.7 Å². The Balaban J connectivity index is 1.88. The van der Waals surface area contributed by atoms with Crippen molar-refractivity contribution in [2.75, 3.05) is 6.61 Å². The molecule has 0 aliphatic heterocycles. The molecule has 0 aromatic heterocycles. The van der Waals surface area contributed by atoms with Gasteiger partial charge in [-0.2, -0.15) is 0 Å². The molecule has 2 rings (SSSR count). The summed E-state index contributed by atoms with van der Waals surface area (Å²) in [7, 11) is 0. The molecule has 0 saturated heterocycles. The van der Waals surface area contributed by atoms with Gasteiger partial charge in [0.2, 0.25) is 0 Å². The van der Waals surface area contributed by atoms with Gasteiger partial charge in [0.1, 0.15) is 18.0 Å². The number of ether oxygens (including phenoxy) is 2. The van der Waals surface area contributed by atoms with Crippen molar-refractivity contribution in [3.63, 3.8) is 0 Å². The molecule has 0 bridgehead atoms. The first-order chi connectivity index (χ1) is 8.20. The number of rotatable bonds is 5. The highest BCUT2D eigenvalue weighted by Gasteiger charge is 2.42. The molecule has 1 saturated carbocycles. The zero-order valence-electron chi connectivity index (χ0n) is 9.80. The summed E-state index contributed by atoms with van der Waals surface area (Å²) in [5, 5.41) is 10.3. The number of hydrogen-bond donors (Lipinski definition) is 1. The first-order valence-corrected chi connectivity index (χ1v) is 6.30. The molecular formula is C13H17ClO3. The molecule has 3 unspecified atom stereocenters. The molecule has 1 aromatic rings. The van der Waals surface area contributed by atoms with Crippen LogP contribution in [-0.2, 0) is 4.74 Å². The molecule has 1 aromatic carbocycles. The monoisotopic (exact) mass is 256 g/mol. The highest BCUT2D eigenvalue weighted by atomic mass is 35.5. The number of halogens is 1. The fourth-order valence-electron chi connectivity index (χ4n) is 1.83. The Hall–Kier alpha value is -0.770. The van der Waals surface area contributed by atoms with E-state index in [-0.39, 0.29) is 12.2 Å². The predicted molar refractivity (Wildman–Crippen MR) is 66.5 cm³/mol. The molecule has 0 radical (unpaired) electrons. The molecule has 0 heterocycles. The number of benzene rings is 1. The summed E-state index contributed by atoms with van der Waals surface area (Å²) in [6.07, 6.45) is 0.899. The molecule has 1 fully saturated rings. The summed E-state index contributed by atoms with van der Waals surface area (Å²) < 4.78 is 11.3. The van der Waals surface area contributed by atoms with E-state index in [1.165, 1.54) is 0 Å². The van der Waals surface area contributed by atoms with Crippen LogP contribution in [0.25, 0.3) is 0 Å². The second-order valence-electron chi connectivity index (χ2n) is 4.25. The zero-order chi connectivity index (χ0) is 12.3. The number of hydrogen-bond acceptors (Lipinski definition) is 3. The minimum absolute atomic E-state index is 0.0577. The average Bonchev–Trinajstić information content (AvgIpc) is 2.31. The minimum atomic E-state index is -0.404. The lowest BCUT2D eigenvalue weighted by Gasteiger charge is -2.40. The summed E-state index contributed by atoms with van der Waals surface area (Å²) in [6, 6.07) is 7.22. The highest BCUT2D eigenvalue weighted by Crippen LogP contribution is 2.29. The van der Waals surface area contributed by atoms with Gasteiger partial charge < -0.3 is 14.6 Å². The Morgan fingerprint density at radius 3 is 2.65 bits per heavy atom. The van der Waals surface area contributed by atoms with Crippen molar-refractivity contribution in [2.45, 2.75) is 38.1 Å². The molecule has 17 heavy (non-hydrogen) atoms. The van der Waals surface area contributed by atoms with E-state index in [0.29, 0.717) is 18.1 Å². The third kappa shape index (κ3) is 3.12. The molecule has 0 spiro atoms. The fourth-order valence-corrected chi connectivity index (χ4v) is 1.96. The molecule has 3 nitrogen and oxygen atoms in total. The van der Waals surface area contributed by atoms with Gasteiger partial charge >= 0.3 is 0 Å². The second kappa shape index (κ2) is 5.71. The van der Waals surface area contributed by atoms with E-state index in [0.717, 1.165) is 12.2 Å². The maximum Gasteiger partial charge on any atom is 0.130 e. The van der Waals surface area contributed by atoms with Gasteiger partial charge in [0.15, 0.2) is 0 Å². The summed E-state index contributed by atoms with van der Waals surface area (Å²) in [4.78, 5) is 0. The first-order valence-electron chi connectivity index (χ1n) is 5.92. The van der Waals surface area contributed by atoms with Gasteiger partial charge in [-0.25, -0.2) is 0 Å². The van der Waals surface area contributed by atoms with Gasteiger partial charge in [-0.05, 0) is 30.7 Å². The van der Waals surface area contributed by atoms with Crippen LogP contribution in [0.2, 0.25) is 5.02 Å². The van der Waals surface area contributed by atoms with Crippen LogP contribution in [0.3, 0.4) is 0 Å². The Bertz CT molecular complexity index is 352. The fraction of sp³-hybridized carbons (Fsp3) is 0.538. The van der Waals surface area contributed by atoms with Crippen molar-refractivity contribution < 1.29 is 14.6 Å². The lowest BCUT2D eigenvalue weighted by atomic mass is 9.88. The van der Waals surface area contributed by atoms with Crippen molar-refractivity contribution in [3.8, 4) is 5.75 Å². The molecule has 0 amide bonds. The molecule has 94 valence electrons. The van der Waals surface area contributed by atoms with E-state index in [9.17, 15) is 5.11 Å². The van der Waals surface area contributed by atoms with E-state index in [2.05, 4.69) is 0 Å². The van der Waals surface area contributed by atoms with Gasteiger partial charge in [0.25, 0.3) is 0 Å². The second-order valence-corrected chi connectivity index (χ2v) is 4.69. The Morgan fingerprint density at radius 1 is 1.35 bits per heavy atom. The Morgan fingerprint density at radius 2 is 2.06 bits per heavy atom. The molecular weight excluding hydrogens is 240 g/mol. The lowest BCUT2D eigenvalue weighted by Crippen LogP contribution is -2.55. The van der Waals surface area contributed by atoms with Gasteiger partial charge in [-0.1, -0.05) is 18.5 Å². The average molecular weight is 257 g/mol. The predicted octanol–water partition coefficient (Wildman–Crippen LogP) is 2.65. The van der Waals surface area contributed by atoms with E-state index < -0.39 is 6.10 Å². The van der Waals surface area contributed by atoms with E-state index >= 15 is 0 Å². The standard InChI is InChI=1S/C13H17ClO3/c1-2-7-16-13-11(15)8-12(13)17-10-5-3-9(14)4-6-10/h3-6,11-13,15H,2,7-8H2,1H3. The molecule has 1 aliphatic rings. The third-order valence-corrected chi connectivity index (χ3v) is 3.09. The number of aliphatic hydroxyl groups excluding tert-OH is 1. The van der Waals surface area contributed by atoms with Crippen LogP contribution in [-0.4, -0.2) is 30.0 Å². The maximum atomic E-state index is 9.60. The van der Waals surface area contributed by atoms with Crippen LogP contribution in [0, 0.1) is 0 Å². The quantitative estimate of drug-likeness (QED) is 0.880. The van der Waals surface area contributed by atoms with Gasteiger partial charge in [0, 0.05) is 18.1 Å². The molecule has 1 aliphatic carbocycles. The van der Waals surface area contributed by atoms with Crippen LogP contribution < -0.4 is 4.74 Å². The van der Waals surface area contributed by atoms with Crippen molar-refractivity contribution in [3.05, 3.63) is 29.3 Å². The van der Waals surface area contributed by atoms with Crippen molar-refractivity contribution >= 4 is 11.6 Å². The van der Waals surface area contributed by atoms with Crippen LogP contribution in [0.1, 0.15) is 19.8 Å². The van der Waals surface area contributed by atoms with E-state index in [4.69, 9.17) is 21.1 Å². The third-order valence-electron chi connectivity index (χ3n) is 2.83.